The Morgan fingerprint density at radius 3 is 2.70 bits per heavy atom. The number of aliphatic hydroxyl groups is 1. The highest BCUT2D eigenvalue weighted by Crippen LogP contribution is 2.44. The first-order valence-corrected chi connectivity index (χ1v) is 13.0. The molecule has 11 nitrogen and oxygen atoms in total. The van der Waals surface area contributed by atoms with Crippen molar-refractivity contribution in [3.05, 3.63) is 98.6 Å². The quantitative estimate of drug-likeness (QED) is 0.0675. The number of rotatable bonds is 10. The molecule has 0 spiro atoms. The molecule has 1 unspecified atom stereocenters. The van der Waals surface area contributed by atoms with Crippen molar-refractivity contribution < 1.29 is 33.9 Å². The van der Waals surface area contributed by atoms with Gasteiger partial charge in [0.2, 0.25) is 0 Å². The molecule has 0 aliphatic carbocycles. The Bertz CT molecular complexity index is 1540. The van der Waals surface area contributed by atoms with E-state index in [9.17, 15) is 29.6 Å². The molecule has 0 bridgehead atoms. The Kier molecular flexibility index (Phi) is 8.39. The van der Waals surface area contributed by atoms with Crippen LogP contribution in [0.5, 0.6) is 5.75 Å². The van der Waals surface area contributed by atoms with E-state index in [1.807, 2.05) is 6.92 Å². The van der Waals surface area contributed by atoms with Gasteiger partial charge >= 0.3 is 11.9 Å². The highest BCUT2D eigenvalue weighted by atomic mass is 32.1. The summed E-state index contributed by atoms with van der Waals surface area (Å²) in [6.07, 6.45) is 2.16. The molecule has 1 amide bonds. The largest absolute Gasteiger partial charge is 0.507 e. The zero-order valence-corrected chi connectivity index (χ0v) is 22.5. The molecule has 12 heteroatoms. The number of ketones is 1. The van der Waals surface area contributed by atoms with Crippen LogP contribution in [0.25, 0.3) is 5.76 Å². The molecule has 1 N–H and O–H groups in total. The summed E-state index contributed by atoms with van der Waals surface area (Å²) < 4.78 is 10.7. The average Bonchev–Trinajstić information content (AvgIpc) is 3.46. The summed E-state index contributed by atoms with van der Waals surface area (Å²) in [5.74, 6) is -2.76. The molecular formula is C28H25N3O8S. The second kappa shape index (κ2) is 11.9. The second-order valence-electron chi connectivity index (χ2n) is 8.70. The number of ether oxygens (including phenoxy) is 2. The van der Waals surface area contributed by atoms with E-state index < -0.39 is 34.4 Å². The summed E-state index contributed by atoms with van der Waals surface area (Å²) in [5.41, 5.74) is 0.0985. The van der Waals surface area contributed by atoms with E-state index in [1.165, 1.54) is 36.4 Å². The molecule has 1 aromatic heterocycles. The number of amides is 1. The SMILES string of the molecule is C=CCOC(=O)c1sc(N2C(=O)C(=O)C(=C(O)c3cccc(OCCC)c3)C2c2cccc([N+](=O)[O-])c2)nc1C. The number of hydrogen-bond acceptors (Lipinski definition) is 10. The minimum Gasteiger partial charge on any atom is -0.507 e. The number of hydrogen-bond donors (Lipinski definition) is 1. The third kappa shape index (κ3) is 5.47. The van der Waals surface area contributed by atoms with Crippen molar-refractivity contribution in [2.45, 2.75) is 26.3 Å². The van der Waals surface area contributed by atoms with Crippen LogP contribution in [0.2, 0.25) is 0 Å². The number of carbonyl (C=O) groups is 3. The van der Waals surface area contributed by atoms with Gasteiger partial charge < -0.3 is 14.6 Å². The molecular weight excluding hydrogens is 538 g/mol. The fourth-order valence-electron chi connectivity index (χ4n) is 4.14. The third-order valence-electron chi connectivity index (χ3n) is 5.93. The molecule has 1 aliphatic heterocycles. The normalized spacial score (nSPS) is 16.1. The number of aryl methyl sites for hydroxylation is 1. The highest BCUT2D eigenvalue weighted by molar-refractivity contribution is 7.17. The fraction of sp³-hybridized carbons (Fsp3) is 0.214. The molecule has 1 saturated heterocycles. The number of nitro groups is 1. The van der Waals surface area contributed by atoms with Crippen molar-refractivity contribution in [1.82, 2.24) is 4.98 Å². The second-order valence-corrected chi connectivity index (χ2v) is 9.67. The first-order chi connectivity index (χ1) is 19.2. The number of nitro benzene ring substituents is 1. The first kappa shape index (κ1) is 28.2. The maximum atomic E-state index is 13.4. The number of esters is 1. The molecule has 1 atom stereocenters. The van der Waals surface area contributed by atoms with E-state index in [0.717, 1.165) is 22.7 Å². The summed E-state index contributed by atoms with van der Waals surface area (Å²) in [4.78, 5) is 55.8. The van der Waals surface area contributed by atoms with Gasteiger partial charge in [0.25, 0.3) is 11.5 Å². The van der Waals surface area contributed by atoms with Gasteiger partial charge in [-0.1, -0.05) is 55.2 Å². The number of aromatic nitrogens is 1. The number of anilines is 1. The van der Waals surface area contributed by atoms with E-state index in [1.54, 1.807) is 25.1 Å². The van der Waals surface area contributed by atoms with Crippen LogP contribution in [0.15, 0.2) is 66.8 Å². The number of Topliss-reactive ketones (excluding diaryl/α,β-unsaturated/α-hetero) is 1. The lowest BCUT2D eigenvalue weighted by atomic mass is 9.95. The van der Waals surface area contributed by atoms with Crippen LogP contribution in [0.4, 0.5) is 10.8 Å². The molecule has 1 aliphatic rings. The number of thiazole rings is 1. The lowest BCUT2D eigenvalue weighted by molar-refractivity contribution is -0.384. The number of carbonyl (C=O) groups excluding carboxylic acids is 3. The Morgan fingerprint density at radius 2 is 2.00 bits per heavy atom. The van der Waals surface area contributed by atoms with Crippen LogP contribution in [-0.4, -0.2) is 45.9 Å². The molecule has 4 rings (SSSR count). The van der Waals surface area contributed by atoms with E-state index in [4.69, 9.17) is 9.47 Å². The number of nitrogens with zero attached hydrogens (tertiary/aromatic N) is 3. The van der Waals surface area contributed by atoms with Crippen LogP contribution in [-0.2, 0) is 14.3 Å². The molecule has 0 radical (unpaired) electrons. The summed E-state index contributed by atoms with van der Waals surface area (Å²) in [6.45, 7) is 7.39. The molecule has 1 fully saturated rings. The van der Waals surface area contributed by atoms with Crippen molar-refractivity contribution in [2.75, 3.05) is 18.1 Å². The Labute approximate surface area is 233 Å². The lowest BCUT2D eigenvalue weighted by Gasteiger charge is -2.23. The fourth-order valence-corrected chi connectivity index (χ4v) is 5.12. The number of non-ortho nitro benzene ring substituents is 1. The summed E-state index contributed by atoms with van der Waals surface area (Å²) in [5, 5.41) is 22.9. The van der Waals surface area contributed by atoms with Gasteiger partial charge in [0, 0.05) is 17.7 Å². The maximum absolute atomic E-state index is 13.4. The number of benzene rings is 2. The predicted molar refractivity (Wildman–Crippen MR) is 147 cm³/mol. The zero-order valence-electron chi connectivity index (χ0n) is 21.7. The van der Waals surface area contributed by atoms with Crippen molar-refractivity contribution in [3.8, 4) is 5.75 Å². The minimum atomic E-state index is -1.28. The first-order valence-electron chi connectivity index (χ1n) is 12.2. The van der Waals surface area contributed by atoms with Gasteiger partial charge in [-0.25, -0.2) is 9.78 Å². The zero-order chi connectivity index (χ0) is 29.0. The van der Waals surface area contributed by atoms with Gasteiger partial charge in [0.05, 0.1) is 28.8 Å². The van der Waals surface area contributed by atoms with Gasteiger partial charge in [-0.05, 0) is 31.0 Å². The van der Waals surface area contributed by atoms with Gasteiger partial charge in [0.1, 0.15) is 23.0 Å². The molecule has 3 aromatic rings. The Hall–Kier alpha value is -4.84. The van der Waals surface area contributed by atoms with Crippen LogP contribution >= 0.6 is 11.3 Å². The summed E-state index contributed by atoms with van der Waals surface area (Å²) in [7, 11) is 0. The maximum Gasteiger partial charge on any atom is 0.350 e. The van der Waals surface area contributed by atoms with E-state index in [2.05, 4.69) is 11.6 Å². The summed E-state index contributed by atoms with van der Waals surface area (Å²) in [6, 6.07) is 10.5. The molecule has 2 heterocycles. The van der Waals surface area contributed by atoms with Gasteiger partial charge in [-0.15, -0.1) is 0 Å². The number of aliphatic hydroxyl groups excluding tert-OH is 1. The summed E-state index contributed by atoms with van der Waals surface area (Å²) >= 11 is 0.826. The van der Waals surface area contributed by atoms with Crippen molar-refractivity contribution >= 4 is 45.6 Å². The Morgan fingerprint density at radius 1 is 1.25 bits per heavy atom. The van der Waals surface area contributed by atoms with Crippen LogP contribution in [0, 0.1) is 17.0 Å². The smallest absolute Gasteiger partial charge is 0.350 e. The molecule has 206 valence electrons. The van der Waals surface area contributed by atoms with Crippen molar-refractivity contribution in [3.63, 3.8) is 0 Å². The van der Waals surface area contributed by atoms with Crippen LogP contribution in [0.1, 0.15) is 45.9 Å². The van der Waals surface area contributed by atoms with Crippen molar-refractivity contribution in [1.29, 1.82) is 0 Å². The topological polar surface area (TPSA) is 149 Å². The lowest BCUT2D eigenvalue weighted by Crippen LogP contribution is -2.29. The van der Waals surface area contributed by atoms with Gasteiger partial charge in [-0.3, -0.25) is 24.6 Å². The van der Waals surface area contributed by atoms with E-state index in [0.29, 0.717) is 12.4 Å². The molecule has 2 aromatic carbocycles. The highest BCUT2D eigenvalue weighted by Gasteiger charge is 2.48. The monoisotopic (exact) mass is 563 g/mol. The average molecular weight is 564 g/mol. The van der Waals surface area contributed by atoms with Crippen LogP contribution in [0.3, 0.4) is 0 Å². The Balaban J connectivity index is 1.90. The van der Waals surface area contributed by atoms with Gasteiger partial charge in [-0.2, -0.15) is 0 Å². The minimum absolute atomic E-state index is 0.0132. The van der Waals surface area contributed by atoms with Gasteiger partial charge in [0.15, 0.2) is 5.13 Å². The molecule has 40 heavy (non-hydrogen) atoms. The van der Waals surface area contributed by atoms with E-state index >= 15 is 0 Å². The van der Waals surface area contributed by atoms with Crippen LogP contribution < -0.4 is 9.64 Å². The standard InChI is InChI=1S/C28H25N3O8S/c1-4-12-38-20-11-7-9-18(15-20)23(32)21-22(17-8-6-10-19(14-17)31(36)37)30(26(34)24(21)33)28-29-16(3)25(40-28)27(35)39-13-5-2/h5-11,14-15,22,32H,2,4,12-13H2,1,3H3. The third-order valence-corrected chi connectivity index (χ3v) is 7.07. The molecule has 0 saturated carbocycles. The van der Waals surface area contributed by atoms with E-state index in [-0.39, 0.29) is 44.7 Å². The van der Waals surface area contributed by atoms with Crippen molar-refractivity contribution in [2.24, 2.45) is 0 Å². The predicted octanol–water partition coefficient (Wildman–Crippen LogP) is 5.12.